The lowest BCUT2D eigenvalue weighted by molar-refractivity contribution is -0.112. The van der Waals surface area contributed by atoms with Crippen LogP contribution in [0.1, 0.15) is 32.3 Å². The zero-order valence-electron chi connectivity index (χ0n) is 16.0. The number of hydrogen-bond donors (Lipinski definition) is 1. The lowest BCUT2D eigenvalue weighted by Gasteiger charge is -2.10. The molecule has 0 heterocycles. The molecule has 0 saturated carbocycles. The molecule has 0 aliphatic rings. The number of halogens is 1. The summed E-state index contributed by atoms with van der Waals surface area (Å²) >= 11 is 6.07. The monoisotopic (exact) mass is 398 g/mol. The second-order valence-corrected chi connectivity index (χ2v) is 6.40. The van der Waals surface area contributed by atoms with Gasteiger partial charge < -0.3 is 14.8 Å². The number of amides is 1. The second-order valence-electron chi connectivity index (χ2n) is 5.97. The molecule has 0 spiro atoms. The van der Waals surface area contributed by atoms with Crippen LogP contribution in [0.2, 0.25) is 5.02 Å². The number of unbranched alkanes of at least 4 members (excludes halogenated alkanes) is 1. The zero-order chi connectivity index (χ0) is 20.4. The lowest BCUT2D eigenvalue weighted by Crippen LogP contribution is -2.13. The van der Waals surface area contributed by atoms with E-state index in [1.165, 1.54) is 6.08 Å². The predicted molar refractivity (Wildman–Crippen MR) is 112 cm³/mol. The van der Waals surface area contributed by atoms with Gasteiger partial charge in [0.15, 0.2) is 0 Å². The van der Waals surface area contributed by atoms with Gasteiger partial charge in [-0.25, -0.2) is 0 Å². The molecule has 0 aliphatic heterocycles. The summed E-state index contributed by atoms with van der Waals surface area (Å²) in [5.74, 6) is 0.787. The molecular weight excluding hydrogens is 376 g/mol. The number of anilines is 1. The van der Waals surface area contributed by atoms with Gasteiger partial charge in [-0.3, -0.25) is 4.79 Å². The third kappa shape index (κ3) is 6.33. The van der Waals surface area contributed by atoms with Crippen LogP contribution in [-0.2, 0) is 4.79 Å². The molecule has 1 N–H and O–H groups in total. The summed E-state index contributed by atoms with van der Waals surface area (Å²) in [4.78, 5) is 12.5. The topological polar surface area (TPSA) is 71.3 Å². The van der Waals surface area contributed by atoms with Crippen molar-refractivity contribution < 1.29 is 14.3 Å². The Hall–Kier alpha value is -2.97. The summed E-state index contributed by atoms with van der Waals surface area (Å²) in [5.41, 5.74) is 1.11. The molecule has 5 nitrogen and oxygen atoms in total. The van der Waals surface area contributed by atoms with Crippen LogP contribution in [0.15, 0.2) is 48.0 Å². The van der Waals surface area contributed by atoms with E-state index in [0.29, 0.717) is 41.0 Å². The van der Waals surface area contributed by atoms with Gasteiger partial charge in [0, 0.05) is 16.3 Å². The normalized spacial score (nSPS) is 10.9. The van der Waals surface area contributed by atoms with Gasteiger partial charge in [0.25, 0.3) is 5.91 Å². The van der Waals surface area contributed by atoms with E-state index in [1.807, 2.05) is 13.0 Å². The largest absolute Gasteiger partial charge is 0.494 e. The Morgan fingerprint density at radius 2 is 1.93 bits per heavy atom. The molecule has 0 aromatic heterocycles. The quantitative estimate of drug-likeness (QED) is 0.345. The molecule has 28 heavy (non-hydrogen) atoms. The van der Waals surface area contributed by atoms with Crippen LogP contribution in [0.3, 0.4) is 0 Å². The van der Waals surface area contributed by atoms with E-state index < -0.39 is 5.91 Å². The van der Waals surface area contributed by atoms with Crippen molar-refractivity contribution in [2.24, 2.45) is 0 Å². The molecule has 0 aliphatic carbocycles. The molecule has 146 valence electrons. The highest BCUT2D eigenvalue weighted by molar-refractivity contribution is 6.30. The summed E-state index contributed by atoms with van der Waals surface area (Å²) in [6, 6.07) is 14.0. The van der Waals surface area contributed by atoms with Gasteiger partial charge >= 0.3 is 0 Å². The first-order valence-electron chi connectivity index (χ1n) is 9.15. The minimum Gasteiger partial charge on any atom is -0.494 e. The fourth-order valence-corrected chi connectivity index (χ4v) is 2.57. The summed E-state index contributed by atoms with van der Waals surface area (Å²) in [7, 11) is 0. The second kappa shape index (κ2) is 11.0. The molecule has 0 unspecified atom stereocenters. The number of hydrogen-bond acceptors (Lipinski definition) is 4. The van der Waals surface area contributed by atoms with E-state index >= 15 is 0 Å². The van der Waals surface area contributed by atoms with Crippen molar-refractivity contribution in [2.45, 2.75) is 26.7 Å². The van der Waals surface area contributed by atoms with Crippen molar-refractivity contribution in [2.75, 3.05) is 18.5 Å². The lowest BCUT2D eigenvalue weighted by atomic mass is 10.1. The molecule has 0 bridgehead atoms. The molecular formula is C22H23ClN2O3. The van der Waals surface area contributed by atoms with Gasteiger partial charge in [0.1, 0.15) is 23.1 Å². The number of nitriles is 1. The van der Waals surface area contributed by atoms with Crippen molar-refractivity contribution in [1.82, 2.24) is 0 Å². The van der Waals surface area contributed by atoms with Gasteiger partial charge in [-0.15, -0.1) is 0 Å². The smallest absolute Gasteiger partial charge is 0.266 e. The summed E-state index contributed by atoms with van der Waals surface area (Å²) < 4.78 is 11.1. The van der Waals surface area contributed by atoms with Gasteiger partial charge in [-0.05, 0) is 61.9 Å². The number of ether oxygens (including phenoxy) is 2. The van der Waals surface area contributed by atoms with Crippen LogP contribution < -0.4 is 14.8 Å². The van der Waals surface area contributed by atoms with Crippen molar-refractivity contribution in [3.63, 3.8) is 0 Å². The minimum atomic E-state index is -0.508. The summed E-state index contributed by atoms with van der Waals surface area (Å²) in [6.07, 6.45) is 3.40. The molecule has 6 heteroatoms. The predicted octanol–water partition coefficient (Wildman–Crippen LogP) is 5.46. The Morgan fingerprint density at radius 3 is 2.57 bits per heavy atom. The Labute approximate surface area is 170 Å². The maximum atomic E-state index is 12.5. The number of rotatable bonds is 9. The van der Waals surface area contributed by atoms with Crippen LogP contribution in [0, 0.1) is 11.3 Å². The molecule has 0 atom stereocenters. The van der Waals surface area contributed by atoms with E-state index in [4.69, 9.17) is 21.1 Å². The maximum absolute atomic E-state index is 12.5. The first kappa shape index (κ1) is 21.3. The first-order valence-corrected chi connectivity index (χ1v) is 9.53. The number of benzene rings is 2. The SMILES string of the molecule is CCCCOc1ccc(Cl)cc1/C=C(\C#N)C(=O)Nc1ccc(OCC)cc1. The van der Waals surface area contributed by atoms with E-state index in [1.54, 1.807) is 42.5 Å². The van der Waals surface area contributed by atoms with Gasteiger partial charge in [-0.2, -0.15) is 5.26 Å². The van der Waals surface area contributed by atoms with Crippen LogP contribution in [0.5, 0.6) is 11.5 Å². The van der Waals surface area contributed by atoms with Crippen LogP contribution in [0.25, 0.3) is 6.08 Å². The Kier molecular flexibility index (Phi) is 8.38. The molecule has 0 radical (unpaired) electrons. The van der Waals surface area contributed by atoms with E-state index in [9.17, 15) is 10.1 Å². The maximum Gasteiger partial charge on any atom is 0.266 e. The zero-order valence-corrected chi connectivity index (χ0v) is 16.8. The van der Waals surface area contributed by atoms with Gasteiger partial charge in [0.2, 0.25) is 0 Å². The molecule has 2 aromatic carbocycles. The minimum absolute atomic E-state index is 0.0449. The van der Waals surface area contributed by atoms with Gasteiger partial charge in [0.05, 0.1) is 13.2 Å². The number of nitrogens with zero attached hydrogens (tertiary/aromatic N) is 1. The van der Waals surface area contributed by atoms with E-state index in [-0.39, 0.29) is 5.57 Å². The highest BCUT2D eigenvalue weighted by atomic mass is 35.5. The van der Waals surface area contributed by atoms with Crippen molar-refractivity contribution in [3.8, 4) is 17.6 Å². The highest BCUT2D eigenvalue weighted by Crippen LogP contribution is 2.26. The van der Waals surface area contributed by atoms with Crippen LogP contribution in [0.4, 0.5) is 5.69 Å². The number of nitrogens with one attached hydrogen (secondary N) is 1. The van der Waals surface area contributed by atoms with Crippen molar-refractivity contribution >= 4 is 29.3 Å². The Balaban J connectivity index is 2.19. The molecule has 2 aromatic rings. The Bertz CT molecular complexity index is 870. The average Bonchev–Trinajstić information content (AvgIpc) is 2.69. The van der Waals surface area contributed by atoms with E-state index in [2.05, 4.69) is 12.2 Å². The third-order valence-electron chi connectivity index (χ3n) is 3.82. The highest BCUT2D eigenvalue weighted by Gasteiger charge is 2.12. The fraction of sp³-hybridized carbons (Fsp3) is 0.273. The van der Waals surface area contributed by atoms with Crippen molar-refractivity contribution in [1.29, 1.82) is 5.26 Å². The molecule has 1 amide bonds. The Morgan fingerprint density at radius 1 is 1.18 bits per heavy atom. The molecule has 2 rings (SSSR count). The molecule has 0 saturated heterocycles. The van der Waals surface area contributed by atoms with Crippen molar-refractivity contribution in [3.05, 3.63) is 58.6 Å². The third-order valence-corrected chi connectivity index (χ3v) is 4.05. The average molecular weight is 399 g/mol. The summed E-state index contributed by atoms with van der Waals surface area (Å²) in [6.45, 7) is 5.09. The van der Waals surface area contributed by atoms with Gasteiger partial charge in [-0.1, -0.05) is 24.9 Å². The number of carbonyl (C=O) groups excluding carboxylic acids is 1. The first-order chi connectivity index (χ1) is 13.6. The standard InChI is InChI=1S/C22H23ClN2O3/c1-3-5-12-28-21-11-6-18(23)14-16(21)13-17(15-24)22(26)25-19-7-9-20(10-8-19)27-4-2/h6-11,13-14H,3-5,12H2,1-2H3,(H,25,26)/b17-13+. The molecule has 0 fully saturated rings. The van der Waals surface area contributed by atoms with Crippen LogP contribution in [-0.4, -0.2) is 19.1 Å². The summed E-state index contributed by atoms with van der Waals surface area (Å²) in [5, 5.41) is 12.7. The van der Waals surface area contributed by atoms with E-state index in [0.717, 1.165) is 12.8 Å². The fourth-order valence-electron chi connectivity index (χ4n) is 2.39. The van der Waals surface area contributed by atoms with Crippen LogP contribution >= 0.6 is 11.6 Å². The number of carbonyl (C=O) groups is 1.